The van der Waals surface area contributed by atoms with Gasteiger partial charge in [-0.1, -0.05) is 6.07 Å². The van der Waals surface area contributed by atoms with Crippen molar-refractivity contribution in [3.63, 3.8) is 0 Å². The zero-order chi connectivity index (χ0) is 19.6. The second kappa shape index (κ2) is 7.61. The van der Waals surface area contributed by atoms with Crippen molar-refractivity contribution in [1.29, 1.82) is 0 Å². The van der Waals surface area contributed by atoms with E-state index < -0.39 is 6.10 Å². The number of aryl methyl sites for hydroxylation is 2. The summed E-state index contributed by atoms with van der Waals surface area (Å²) in [6.45, 7) is 7.45. The van der Waals surface area contributed by atoms with E-state index in [9.17, 15) is 9.59 Å². The number of aromatic nitrogens is 1. The smallest absolute Gasteiger partial charge is 0.339 e. The van der Waals surface area contributed by atoms with Crippen molar-refractivity contribution in [2.45, 2.75) is 40.3 Å². The van der Waals surface area contributed by atoms with Gasteiger partial charge in [-0.25, -0.2) is 4.79 Å². The average molecular weight is 366 g/mol. The molecule has 0 bridgehead atoms. The zero-order valence-corrected chi connectivity index (χ0v) is 15.8. The summed E-state index contributed by atoms with van der Waals surface area (Å²) in [5.41, 5.74) is 3.07. The molecule has 1 N–H and O–H groups in total. The molecular weight excluding hydrogens is 344 g/mol. The summed E-state index contributed by atoms with van der Waals surface area (Å²) in [6.07, 6.45) is 0.972. The topological polar surface area (TPSA) is 81.4 Å². The van der Waals surface area contributed by atoms with Crippen molar-refractivity contribution in [2.75, 3.05) is 0 Å². The maximum absolute atomic E-state index is 12.3. The fourth-order valence-corrected chi connectivity index (χ4v) is 2.82. The van der Waals surface area contributed by atoms with E-state index in [0.29, 0.717) is 29.0 Å². The molecule has 0 aliphatic rings. The number of benzene rings is 1. The summed E-state index contributed by atoms with van der Waals surface area (Å²) in [4.78, 5) is 28.5. The van der Waals surface area contributed by atoms with Crippen LogP contribution in [0.3, 0.4) is 0 Å². The van der Waals surface area contributed by atoms with Crippen LogP contribution in [0.2, 0.25) is 0 Å². The molecule has 0 fully saturated rings. The summed E-state index contributed by atoms with van der Waals surface area (Å²) in [5.74, 6) is 0.260. The van der Waals surface area contributed by atoms with E-state index in [1.54, 1.807) is 26.1 Å². The lowest BCUT2D eigenvalue weighted by Gasteiger charge is -2.17. The lowest BCUT2D eigenvalue weighted by Crippen LogP contribution is -2.36. The van der Waals surface area contributed by atoms with Gasteiger partial charge in [-0.05, 0) is 57.5 Å². The number of pyridine rings is 1. The minimum absolute atomic E-state index is 0.248. The Kier molecular flexibility index (Phi) is 5.26. The van der Waals surface area contributed by atoms with Gasteiger partial charge in [0.1, 0.15) is 11.3 Å². The highest BCUT2D eigenvalue weighted by molar-refractivity contribution is 5.86. The molecule has 0 spiro atoms. The Labute approximate surface area is 157 Å². The van der Waals surface area contributed by atoms with Crippen LogP contribution in [-0.4, -0.2) is 17.0 Å². The largest absolute Gasteiger partial charge is 0.480 e. The molecule has 0 saturated heterocycles. The van der Waals surface area contributed by atoms with Gasteiger partial charge in [-0.15, -0.1) is 0 Å². The first-order chi connectivity index (χ1) is 12.9. The number of hydrogen-bond donors (Lipinski definition) is 1. The SMILES string of the molecule is Cc1c(C)c2ccc(O[C@H](C)C(=O)NCc3ccccn3)c(C)c2oc1=O. The Morgan fingerprint density at radius 1 is 1.15 bits per heavy atom. The second-order valence-corrected chi connectivity index (χ2v) is 6.50. The number of nitrogens with zero attached hydrogens (tertiary/aromatic N) is 1. The molecule has 140 valence electrons. The van der Waals surface area contributed by atoms with Crippen LogP contribution >= 0.6 is 0 Å². The van der Waals surface area contributed by atoms with E-state index in [4.69, 9.17) is 9.15 Å². The summed E-state index contributed by atoms with van der Waals surface area (Å²) < 4.78 is 11.3. The number of carbonyl (C=O) groups excluding carboxylic acids is 1. The minimum atomic E-state index is -0.705. The lowest BCUT2D eigenvalue weighted by molar-refractivity contribution is -0.127. The van der Waals surface area contributed by atoms with Crippen LogP contribution in [0.5, 0.6) is 5.75 Å². The summed E-state index contributed by atoms with van der Waals surface area (Å²) >= 11 is 0. The van der Waals surface area contributed by atoms with Crippen LogP contribution in [0, 0.1) is 20.8 Å². The Balaban J connectivity index is 1.77. The fourth-order valence-electron chi connectivity index (χ4n) is 2.82. The molecule has 0 aliphatic heterocycles. The molecular formula is C21H22N2O4. The Morgan fingerprint density at radius 2 is 1.93 bits per heavy atom. The predicted molar refractivity (Wildman–Crippen MR) is 103 cm³/mol. The predicted octanol–water partition coefficient (Wildman–Crippen LogP) is 3.20. The monoisotopic (exact) mass is 366 g/mol. The number of rotatable bonds is 5. The first-order valence-corrected chi connectivity index (χ1v) is 8.76. The Hall–Kier alpha value is -3.15. The van der Waals surface area contributed by atoms with Crippen molar-refractivity contribution in [2.24, 2.45) is 0 Å². The van der Waals surface area contributed by atoms with Crippen LogP contribution in [-0.2, 0) is 11.3 Å². The highest BCUT2D eigenvalue weighted by Gasteiger charge is 2.18. The zero-order valence-electron chi connectivity index (χ0n) is 15.8. The molecule has 0 unspecified atom stereocenters. The van der Waals surface area contributed by atoms with E-state index in [0.717, 1.165) is 16.6 Å². The van der Waals surface area contributed by atoms with Crippen molar-refractivity contribution in [3.05, 3.63) is 69.3 Å². The number of fused-ring (bicyclic) bond motifs is 1. The van der Waals surface area contributed by atoms with Crippen molar-refractivity contribution in [3.8, 4) is 5.75 Å². The van der Waals surface area contributed by atoms with E-state index in [1.165, 1.54) is 0 Å². The van der Waals surface area contributed by atoms with Crippen LogP contribution in [0.25, 0.3) is 11.0 Å². The average Bonchev–Trinajstić information content (AvgIpc) is 2.67. The summed E-state index contributed by atoms with van der Waals surface area (Å²) in [6, 6.07) is 9.17. The normalized spacial score (nSPS) is 12.0. The lowest BCUT2D eigenvalue weighted by atomic mass is 10.0. The van der Waals surface area contributed by atoms with Crippen LogP contribution in [0.4, 0.5) is 0 Å². The molecule has 6 heteroatoms. The Morgan fingerprint density at radius 3 is 2.63 bits per heavy atom. The van der Waals surface area contributed by atoms with Crippen molar-refractivity contribution < 1.29 is 13.9 Å². The Bertz CT molecular complexity index is 1040. The number of ether oxygens (including phenoxy) is 1. The third kappa shape index (κ3) is 3.84. The minimum Gasteiger partial charge on any atom is -0.480 e. The standard InChI is InChI=1S/C21H22N2O4/c1-12-13(2)21(25)27-19-14(3)18(9-8-17(12)19)26-15(4)20(24)23-11-16-7-5-6-10-22-16/h5-10,15H,11H2,1-4H3,(H,23,24)/t15-/m1/s1. The molecule has 0 radical (unpaired) electrons. The van der Waals surface area contributed by atoms with Gasteiger partial charge in [0.2, 0.25) is 0 Å². The molecule has 0 aliphatic carbocycles. The molecule has 3 aromatic rings. The van der Waals surface area contributed by atoms with Crippen molar-refractivity contribution >= 4 is 16.9 Å². The molecule has 3 rings (SSSR count). The van der Waals surface area contributed by atoms with Gasteiger partial charge in [0.05, 0.1) is 12.2 Å². The van der Waals surface area contributed by atoms with Gasteiger partial charge in [-0.2, -0.15) is 0 Å². The molecule has 2 heterocycles. The quantitative estimate of drug-likeness (QED) is 0.701. The first kappa shape index (κ1) is 18.6. The van der Waals surface area contributed by atoms with Crippen molar-refractivity contribution in [1.82, 2.24) is 10.3 Å². The van der Waals surface area contributed by atoms with E-state index >= 15 is 0 Å². The van der Waals surface area contributed by atoms with Crippen LogP contribution in [0.15, 0.2) is 45.7 Å². The molecule has 6 nitrogen and oxygen atoms in total. The molecule has 1 aromatic carbocycles. The summed E-state index contributed by atoms with van der Waals surface area (Å²) in [5, 5.41) is 3.67. The van der Waals surface area contributed by atoms with Gasteiger partial charge in [0.25, 0.3) is 5.91 Å². The fraction of sp³-hybridized carbons (Fsp3) is 0.286. The molecule has 1 atom stereocenters. The molecule has 0 saturated carbocycles. The van der Waals surface area contributed by atoms with Gasteiger partial charge in [-0.3, -0.25) is 9.78 Å². The van der Waals surface area contributed by atoms with E-state index in [-0.39, 0.29) is 11.5 Å². The maximum atomic E-state index is 12.3. The third-order valence-electron chi connectivity index (χ3n) is 4.67. The van der Waals surface area contributed by atoms with Gasteiger partial charge >= 0.3 is 5.63 Å². The number of carbonyl (C=O) groups is 1. The van der Waals surface area contributed by atoms with Crippen LogP contribution in [0.1, 0.15) is 29.3 Å². The highest BCUT2D eigenvalue weighted by atomic mass is 16.5. The van der Waals surface area contributed by atoms with E-state index in [1.807, 2.05) is 38.1 Å². The molecule has 2 aromatic heterocycles. The summed E-state index contributed by atoms with van der Waals surface area (Å²) in [7, 11) is 0. The maximum Gasteiger partial charge on any atom is 0.339 e. The first-order valence-electron chi connectivity index (χ1n) is 8.76. The highest BCUT2D eigenvalue weighted by Crippen LogP contribution is 2.29. The van der Waals surface area contributed by atoms with Gasteiger partial charge < -0.3 is 14.5 Å². The van der Waals surface area contributed by atoms with E-state index in [2.05, 4.69) is 10.3 Å². The van der Waals surface area contributed by atoms with Gasteiger partial charge in [0, 0.05) is 22.7 Å². The van der Waals surface area contributed by atoms with Gasteiger partial charge in [0.15, 0.2) is 6.10 Å². The third-order valence-corrected chi connectivity index (χ3v) is 4.67. The number of nitrogens with one attached hydrogen (secondary N) is 1. The van der Waals surface area contributed by atoms with Crippen LogP contribution < -0.4 is 15.7 Å². The number of hydrogen-bond acceptors (Lipinski definition) is 5. The number of amides is 1. The second-order valence-electron chi connectivity index (χ2n) is 6.50. The molecule has 27 heavy (non-hydrogen) atoms. The molecule has 1 amide bonds.